The lowest BCUT2D eigenvalue weighted by molar-refractivity contribution is 0.116. The second-order valence-electron chi connectivity index (χ2n) is 4.49. The summed E-state index contributed by atoms with van der Waals surface area (Å²) in [6, 6.07) is 9.91. The van der Waals surface area contributed by atoms with Gasteiger partial charge in [-0.15, -0.1) is 11.3 Å². The Labute approximate surface area is 123 Å². The van der Waals surface area contributed by atoms with Gasteiger partial charge >= 0.3 is 0 Å². The first-order valence-electron chi connectivity index (χ1n) is 5.81. The molecule has 0 fully saturated rings. The first-order valence-corrected chi connectivity index (χ1v) is 7.42. The Balaban J connectivity index is 2.37. The molecule has 2 N–H and O–H groups in total. The van der Waals surface area contributed by atoms with Crippen LogP contribution in [0.2, 0.25) is 0 Å². The molecule has 5 heteroatoms. The van der Waals surface area contributed by atoms with Gasteiger partial charge in [0.2, 0.25) is 0 Å². The molecule has 0 amide bonds. The average molecular weight is 345 g/mol. The topological polar surface area (TPSA) is 40.5 Å². The summed E-state index contributed by atoms with van der Waals surface area (Å²) in [4.78, 5) is 1.03. The molecular formula is C14H14BrFO2S. The Morgan fingerprint density at radius 1 is 1.16 bits per heavy atom. The molecule has 2 nitrogen and oxygen atoms in total. The van der Waals surface area contributed by atoms with Crippen molar-refractivity contribution in [2.24, 2.45) is 0 Å². The summed E-state index contributed by atoms with van der Waals surface area (Å²) in [5, 5.41) is 19.4. The van der Waals surface area contributed by atoms with E-state index in [-0.39, 0.29) is 19.0 Å². The van der Waals surface area contributed by atoms with Crippen LogP contribution in [-0.2, 0) is 11.8 Å². The highest BCUT2D eigenvalue weighted by molar-refractivity contribution is 9.11. The summed E-state index contributed by atoms with van der Waals surface area (Å²) in [7, 11) is 0. The lowest BCUT2D eigenvalue weighted by Crippen LogP contribution is -2.37. The van der Waals surface area contributed by atoms with Gasteiger partial charge in [-0.05, 0) is 52.2 Å². The molecule has 0 aliphatic carbocycles. The van der Waals surface area contributed by atoms with Gasteiger partial charge in [0, 0.05) is 10.3 Å². The molecule has 2 rings (SSSR count). The van der Waals surface area contributed by atoms with Gasteiger partial charge in [-0.3, -0.25) is 0 Å². The van der Waals surface area contributed by atoms with Crippen LogP contribution in [0.1, 0.15) is 10.4 Å². The van der Waals surface area contributed by atoms with Crippen LogP contribution in [0.15, 0.2) is 40.2 Å². The number of rotatable bonds is 5. The van der Waals surface area contributed by atoms with Gasteiger partial charge < -0.3 is 10.2 Å². The van der Waals surface area contributed by atoms with Gasteiger partial charge in [0.05, 0.1) is 17.0 Å². The summed E-state index contributed by atoms with van der Waals surface area (Å²) in [6.07, 6.45) is 0.472. The van der Waals surface area contributed by atoms with Crippen molar-refractivity contribution in [3.05, 3.63) is 56.4 Å². The molecule has 0 spiro atoms. The fourth-order valence-electron chi connectivity index (χ4n) is 2.05. The van der Waals surface area contributed by atoms with Gasteiger partial charge in [-0.2, -0.15) is 0 Å². The Bertz CT molecular complexity index is 552. The van der Waals surface area contributed by atoms with Crippen molar-refractivity contribution in [3.8, 4) is 0 Å². The maximum atomic E-state index is 13.3. The molecule has 0 bridgehead atoms. The molecule has 1 aromatic heterocycles. The number of hydrogen-bond donors (Lipinski definition) is 2. The van der Waals surface area contributed by atoms with Crippen LogP contribution < -0.4 is 0 Å². The predicted octanol–water partition coefficient (Wildman–Crippen LogP) is 3.11. The smallest absolute Gasteiger partial charge is 0.123 e. The van der Waals surface area contributed by atoms with E-state index in [1.807, 2.05) is 12.1 Å². The van der Waals surface area contributed by atoms with Crippen LogP contribution in [0.25, 0.3) is 0 Å². The molecule has 0 radical (unpaired) electrons. The van der Waals surface area contributed by atoms with Gasteiger partial charge in [0.15, 0.2) is 0 Å². The first kappa shape index (κ1) is 14.7. The molecule has 0 atom stereocenters. The number of benzene rings is 1. The highest BCUT2D eigenvalue weighted by Gasteiger charge is 2.32. The van der Waals surface area contributed by atoms with Crippen LogP contribution in [0.4, 0.5) is 4.39 Å². The molecule has 0 saturated heterocycles. The normalized spacial score (nSPS) is 11.8. The van der Waals surface area contributed by atoms with E-state index in [2.05, 4.69) is 15.9 Å². The molecule has 1 heterocycles. The fourth-order valence-corrected chi connectivity index (χ4v) is 3.67. The number of aliphatic hydroxyl groups excluding tert-OH is 2. The Kier molecular flexibility index (Phi) is 4.73. The number of hydrogen-bond acceptors (Lipinski definition) is 3. The zero-order valence-electron chi connectivity index (χ0n) is 10.1. The van der Waals surface area contributed by atoms with E-state index in [0.29, 0.717) is 12.0 Å². The Hall–Kier alpha value is -0.750. The molecule has 102 valence electrons. The van der Waals surface area contributed by atoms with Crippen molar-refractivity contribution >= 4 is 27.3 Å². The van der Waals surface area contributed by atoms with Crippen LogP contribution in [-0.4, -0.2) is 23.4 Å². The maximum Gasteiger partial charge on any atom is 0.123 e. The minimum absolute atomic E-state index is 0.234. The van der Waals surface area contributed by atoms with Gasteiger partial charge in [0.25, 0.3) is 0 Å². The zero-order chi connectivity index (χ0) is 13.9. The van der Waals surface area contributed by atoms with Crippen molar-refractivity contribution < 1.29 is 14.6 Å². The molecule has 0 saturated carbocycles. The number of aliphatic hydroxyl groups is 2. The summed E-state index contributed by atoms with van der Waals surface area (Å²) in [5.41, 5.74) is -0.242. The first-order chi connectivity index (χ1) is 9.09. The second-order valence-corrected chi connectivity index (χ2v) is 7.04. The lowest BCUT2D eigenvalue weighted by atomic mass is 9.78. The van der Waals surface area contributed by atoms with Gasteiger partial charge in [-0.1, -0.05) is 12.1 Å². The third kappa shape index (κ3) is 3.23. The summed E-state index contributed by atoms with van der Waals surface area (Å²) < 4.78 is 14.3. The van der Waals surface area contributed by atoms with E-state index >= 15 is 0 Å². The lowest BCUT2D eigenvalue weighted by Gasteiger charge is -2.30. The number of thiophene rings is 1. The second kappa shape index (κ2) is 6.13. The maximum absolute atomic E-state index is 13.3. The van der Waals surface area contributed by atoms with Gasteiger partial charge in [0.1, 0.15) is 5.82 Å². The van der Waals surface area contributed by atoms with Crippen molar-refractivity contribution in [3.63, 3.8) is 0 Å². The van der Waals surface area contributed by atoms with Crippen LogP contribution in [0.5, 0.6) is 0 Å². The summed E-state index contributed by atoms with van der Waals surface area (Å²) >= 11 is 4.93. The van der Waals surface area contributed by atoms with Gasteiger partial charge in [-0.25, -0.2) is 4.39 Å². The SMILES string of the molecule is OCC(CO)(Cc1ccc(Br)s1)c1cccc(F)c1. The van der Waals surface area contributed by atoms with E-state index in [4.69, 9.17) is 0 Å². The van der Waals surface area contributed by atoms with Crippen LogP contribution >= 0.6 is 27.3 Å². The average Bonchev–Trinajstić information content (AvgIpc) is 2.81. The molecule has 0 aliphatic rings. The highest BCUT2D eigenvalue weighted by Crippen LogP contribution is 2.32. The van der Waals surface area contributed by atoms with Crippen molar-refractivity contribution in [1.82, 2.24) is 0 Å². The van der Waals surface area contributed by atoms with Crippen LogP contribution in [0.3, 0.4) is 0 Å². The number of halogens is 2. The van der Waals surface area contributed by atoms with E-state index in [1.165, 1.54) is 12.1 Å². The monoisotopic (exact) mass is 344 g/mol. The largest absolute Gasteiger partial charge is 0.395 e. The van der Waals surface area contributed by atoms with E-state index in [9.17, 15) is 14.6 Å². The Morgan fingerprint density at radius 2 is 1.89 bits per heavy atom. The summed E-state index contributed by atoms with van der Waals surface area (Å²) in [6.45, 7) is -0.467. The van der Waals surface area contributed by atoms with E-state index in [0.717, 1.165) is 8.66 Å². The molecule has 2 aromatic rings. The highest BCUT2D eigenvalue weighted by atomic mass is 79.9. The Morgan fingerprint density at radius 3 is 2.42 bits per heavy atom. The van der Waals surface area contributed by atoms with E-state index < -0.39 is 5.41 Å². The predicted molar refractivity (Wildman–Crippen MR) is 78.0 cm³/mol. The third-order valence-corrected chi connectivity index (χ3v) is 4.81. The fraction of sp³-hybridized carbons (Fsp3) is 0.286. The molecular weight excluding hydrogens is 331 g/mol. The van der Waals surface area contributed by atoms with Crippen molar-refractivity contribution in [1.29, 1.82) is 0 Å². The van der Waals surface area contributed by atoms with Crippen molar-refractivity contribution in [2.75, 3.05) is 13.2 Å². The minimum atomic E-state index is -0.855. The van der Waals surface area contributed by atoms with Crippen molar-refractivity contribution in [2.45, 2.75) is 11.8 Å². The van der Waals surface area contributed by atoms with Crippen LogP contribution in [0, 0.1) is 5.82 Å². The molecule has 0 aliphatic heterocycles. The third-order valence-electron chi connectivity index (χ3n) is 3.18. The standard InChI is InChI=1S/C14H14BrFO2S/c15-13-5-4-12(19-13)7-14(8-17,9-18)10-2-1-3-11(16)6-10/h1-6,17-18H,7-9H2. The minimum Gasteiger partial charge on any atom is -0.395 e. The summed E-state index contributed by atoms with van der Waals surface area (Å²) in [5.74, 6) is -0.365. The molecule has 0 unspecified atom stereocenters. The molecule has 1 aromatic carbocycles. The van der Waals surface area contributed by atoms with E-state index in [1.54, 1.807) is 23.5 Å². The molecule has 19 heavy (non-hydrogen) atoms. The zero-order valence-corrected chi connectivity index (χ0v) is 12.5. The quantitative estimate of drug-likeness (QED) is 0.874.